The maximum Gasteiger partial charge on any atom is 0.429 e. The number of nitrogens with two attached hydrogens (primary N) is 1. The molecule has 0 saturated carbocycles. The summed E-state index contributed by atoms with van der Waals surface area (Å²) in [7, 11) is 0. The Bertz CT molecular complexity index is 573. The Balaban J connectivity index is 3.24. The minimum Gasteiger partial charge on any atom is -0.457 e. The average molecular weight is 292 g/mol. The van der Waals surface area contributed by atoms with Crippen molar-refractivity contribution in [1.82, 2.24) is 5.32 Å². The van der Waals surface area contributed by atoms with Crippen molar-refractivity contribution in [1.29, 1.82) is 10.7 Å². The molecule has 1 heterocycles. The molecule has 21 heavy (non-hydrogen) atoms. The third-order valence-electron chi connectivity index (χ3n) is 2.90. The summed E-state index contributed by atoms with van der Waals surface area (Å²) in [5.41, 5.74) is 4.51. The number of esters is 1. The molecular formula is C13H18N5O3+. The van der Waals surface area contributed by atoms with Gasteiger partial charge in [0.25, 0.3) is 0 Å². The first-order valence-corrected chi connectivity index (χ1v) is 6.14. The molecule has 0 bridgehead atoms. The van der Waals surface area contributed by atoms with Gasteiger partial charge in [-0.05, 0) is 13.8 Å². The van der Waals surface area contributed by atoms with Gasteiger partial charge in [0.1, 0.15) is 25.4 Å². The summed E-state index contributed by atoms with van der Waals surface area (Å²) in [4.78, 5) is 23.9. The van der Waals surface area contributed by atoms with Crippen molar-refractivity contribution in [2.24, 2.45) is 5.73 Å². The highest BCUT2D eigenvalue weighted by atomic mass is 16.5. The van der Waals surface area contributed by atoms with Crippen molar-refractivity contribution in [3.05, 3.63) is 24.4 Å². The molecule has 1 rings (SSSR count). The molecule has 0 aromatic carbocycles. The number of guanidine groups is 1. The molecule has 1 saturated heterocycles. The molecule has 1 atom stereocenters. The highest BCUT2D eigenvalue weighted by Crippen LogP contribution is 2.25. The fourth-order valence-corrected chi connectivity index (χ4v) is 2.05. The minimum atomic E-state index is -0.895. The van der Waals surface area contributed by atoms with Crippen LogP contribution in [0.1, 0.15) is 13.8 Å². The van der Waals surface area contributed by atoms with E-state index in [1.165, 1.54) is 6.08 Å². The molecule has 112 valence electrons. The van der Waals surface area contributed by atoms with Gasteiger partial charge in [0.15, 0.2) is 5.57 Å². The SMILES string of the molecule is C=CCOC(=O)C(C#N)=C[N+]1(C(=N)N)CC(C)(C)NC1=O. The van der Waals surface area contributed by atoms with E-state index in [0.29, 0.717) is 0 Å². The lowest BCUT2D eigenvalue weighted by atomic mass is 10.1. The molecular weight excluding hydrogens is 274 g/mol. The molecule has 8 nitrogen and oxygen atoms in total. The van der Waals surface area contributed by atoms with E-state index in [1.54, 1.807) is 19.9 Å². The van der Waals surface area contributed by atoms with Crippen molar-refractivity contribution < 1.29 is 18.8 Å². The summed E-state index contributed by atoms with van der Waals surface area (Å²) in [6, 6.07) is 1.10. The van der Waals surface area contributed by atoms with Gasteiger partial charge in [-0.2, -0.15) is 5.26 Å². The van der Waals surface area contributed by atoms with Gasteiger partial charge >= 0.3 is 18.0 Å². The van der Waals surface area contributed by atoms with Crippen LogP contribution in [0.3, 0.4) is 0 Å². The topological polar surface area (TPSA) is 129 Å². The zero-order chi connectivity index (χ0) is 16.3. The highest BCUT2D eigenvalue weighted by Gasteiger charge is 2.53. The fourth-order valence-electron chi connectivity index (χ4n) is 2.05. The molecule has 0 aliphatic carbocycles. The summed E-state index contributed by atoms with van der Waals surface area (Å²) < 4.78 is 4.03. The van der Waals surface area contributed by atoms with Gasteiger partial charge in [-0.1, -0.05) is 12.7 Å². The number of hydrogen-bond donors (Lipinski definition) is 3. The van der Waals surface area contributed by atoms with Gasteiger partial charge in [0, 0.05) is 0 Å². The van der Waals surface area contributed by atoms with Crippen molar-refractivity contribution in [3.8, 4) is 6.07 Å². The van der Waals surface area contributed by atoms with E-state index >= 15 is 0 Å². The molecule has 1 aliphatic rings. The van der Waals surface area contributed by atoms with Crippen LogP contribution in [0.25, 0.3) is 0 Å². The van der Waals surface area contributed by atoms with Crippen LogP contribution in [0.2, 0.25) is 0 Å². The first-order chi connectivity index (χ1) is 9.68. The number of quaternary nitrogens is 1. The lowest BCUT2D eigenvalue weighted by Gasteiger charge is -2.23. The number of nitriles is 1. The predicted octanol–water partition coefficient (Wildman–Crippen LogP) is 0.335. The van der Waals surface area contributed by atoms with E-state index in [2.05, 4.69) is 11.9 Å². The molecule has 0 radical (unpaired) electrons. The number of carbonyl (C=O) groups excluding carboxylic acids is 2. The lowest BCUT2D eigenvalue weighted by Crippen LogP contribution is -2.54. The van der Waals surface area contributed by atoms with Gasteiger partial charge in [-0.15, -0.1) is 4.48 Å². The summed E-state index contributed by atoms with van der Waals surface area (Å²) in [6.45, 7) is 6.95. The van der Waals surface area contributed by atoms with E-state index in [4.69, 9.17) is 21.1 Å². The van der Waals surface area contributed by atoms with E-state index < -0.39 is 28.0 Å². The monoisotopic (exact) mass is 292 g/mol. The standard InChI is InChI=1S/C13H17N5O3/c1-4-5-21-10(19)9(6-14)7-18(11(15)16)8-13(2,3)17-12(18)20/h4,7H,1,5,8H2,2-3H3,(H3-,15,16,17,20)/p+1. The third-order valence-corrected chi connectivity index (χ3v) is 2.90. The Morgan fingerprint density at radius 2 is 2.33 bits per heavy atom. The summed E-state index contributed by atoms with van der Waals surface area (Å²) >= 11 is 0. The van der Waals surface area contributed by atoms with Crippen LogP contribution < -0.4 is 11.1 Å². The maximum atomic E-state index is 12.2. The molecule has 1 unspecified atom stereocenters. The van der Waals surface area contributed by atoms with Crippen LogP contribution >= 0.6 is 0 Å². The minimum absolute atomic E-state index is 0.0599. The Labute approximate surface area is 122 Å². The van der Waals surface area contributed by atoms with E-state index in [0.717, 1.165) is 6.20 Å². The molecule has 1 fully saturated rings. The molecule has 4 N–H and O–H groups in total. The molecule has 1 aliphatic heterocycles. The number of urea groups is 1. The van der Waals surface area contributed by atoms with Gasteiger partial charge in [0.2, 0.25) is 0 Å². The van der Waals surface area contributed by atoms with Crippen molar-refractivity contribution in [2.45, 2.75) is 19.4 Å². The highest BCUT2D eigenvalue weighted by molar-refractivity contribution is 5.94. The summed E-state index contributed by atoms with van der Waals surface area (Å²) in [5, 5.41) is 19.4. The smallest absolute Gasteiger partial charge is 0.429 e. The number of rotatable bonds is 4. The zero-order valence-corrected chi connectivity index (χ0v) is 12.0. The van der Waals surface area contributed by atoms with E-state index in [1.807, 2.05) is 0 Å². The zero-order valence-electron chi connectivity index (χ0n) is 12.0. The lowest BCUT2D eigenvalue weighted by molar-refractivity contribution is -0.695. The maximum absolute atomic E-state index is 12.2. The third kappa shape index (κ3) is 3.27. The van der Waals surface area contributed by atoms with Gasteiger partial charge < -0.3 is 10.5 Å². The second-order valence-electron chi connectivity index (χ2n) is 5.27. The van der Waals surface area contributed by atoms with Crippen LogP contribution in [0.4, 0.5) is 4.79 Å². The first-order valence-electron chi connectivity index (χ1n) is 6.14. The first kappa shape index (κ1) is 16.4. The van der Waals surface area contributed by atoms with Gasteiger partial charge in [-0.3, -0.25) is 5.32 Å². The van der Waals surface area contributed by atoms with Gasteiger partial charge in [-0.25, -0.2) is 15.0 Å². The van der Waals surface area contributed by atoms with Crippen LogP contribution in [-0.2, 0) is 9.53 Å². The molecule has 8 heteroatoms. The van der Waals surface area contributed by atoms with Crippen LogP contribution in [0, 0.1) is 16.7 Å². The quantitative estimate of drug-likeness (QED) is 0.131. The second-order valence-corrected chi connectivity index (χ2v) is 5.27. The Morgan fingerprint density at radius 3 is 2.71 bits per heavy atom. The predicted molar refractivity (Wildman–Crippen MR) is 74.5 cm³/mol. The van der Waals surface area contributed by atoms with Crippen molar-refractivity contribution in [3.63, 3.8) is 0 Å². The Morgan fingerprint density at radius 1 is 1.71 bits per heavy atom. The van der Waals surface area contributed by atoms with E-state index in [-0.39, 0.29) is 18.7 Å². The molecule has 0 aromatic heterocycles. The number of ether oxygens (including phenoxy) is 1. The second kappa shape index (κ2) is 5.76. The van der Waals surface area contributed by atoms with Crippen molar-refractivity contribution in [2.75, 3.05) is 13.2 Å². The van der Waals surface area contributed by atoms with Crippen molar-refractivity contribution >= 4 is 18.0 Å². The van der Waals surface area contributed by atoms with E-state index in [9.17, 15) is 9.59 Å². The number of hydrogen-bond acceptors (Lipinski definition) is 5. The van der Waals surface area contributed by atoms with Gasteiger partial charge in [0.05, 0.1) is 5.54 Å². The normalized spacial score (nSPS) is 23.9. The summed E-state index contributed by atoms with van der Waals surface area (Å²) in [5.74, 6) is -1.38. The Hall–Kier alpha value is -2.66. The molecule has 0 aromatic rings. The number of nitrogens with one attached hydrogen (secondary N) is 2. The number of carbonyl (C=O) groups is 2. The fraction of sp³-hybridized carbons (Fsp3) is 0.385. The average Bonchev–Trinajstić information content (AvgIpc) is 2.63. The van der Waals surface area contributed by atoms with Crippen LogP contribution in [0.5, 0.6) is 0 Å². The number of amides is 2. The largest absolute Gasteiger partial charge is 0.457 e. The Kier molecular flexibility index (Phi) is 4.50. The van der Waals surface area contributed by atoms with Crippen LogP contribution in [-0.4, -0.2) is 41.1 Å². The number of nitrogens with zero attached hydrogens (tertiary/aromatic N) is 2. The molecule has 0 spiro atoms. The van der Waals surface area contributed by atoms with Crippen LogP contribution in [0.15, 0.2) is 24.4 Å². The summed E-state index contributed by atoms with van der Waals surface area (Å²) in [6.07, 6.45) is 2.41. The molecule has 2 amide bonds.